The van der Waals surface area contributed by atoms with E-state index < -0.39 is 22.1 Å². The Morgan fingerprint density at radius 3 is 2.61 bits per heavy atom. The molecule has 0 amide bonds. The smallest absolute Gasteiger partial charge is 0.340 e. The normalized spacial score (nSPS) is 19.0. The largest absolute Gasteiger partial charge is 0.451 e. The van der Waals surface area contributed by atoms with E-state index in [9.17, 15) is 18.0 Å². The molecule has 1 aliphatic carbocycles. The first-order valence-electron chi connectivity index (χ1n) is 7.19. The molecule has 1 fully saturated rings. The molecule has 2 rings (SSSR count). The van der Waals surface area contributed by atoms with Gasteiger partial charge in [-0.15, -0.1) is 0 Å². The molecule has 0 heterocycles. The molecular weight excluding hydrogens is 386 g/mol. The molecule has 0 spiro atoms. The van der Waals surface area contributed by atoms with Gasteiger partial charge in [0.15, 0.2) is 11.9 Å². The van der Waals surface area contributed by atoms with Gasteiger partial charge in [-0.25, -0.2) is 17.5 Å². The lowest BCUT2D eigenvalue weighted by molar-refractivity contribution is -0.129. The first kappa shape index (κ1) is 18.1. The number of esters is 1. The number of hydrogen-bond acceptors (Lipinski definition) is 5. The van der Waals surface area contributed by atoms with Crippen molar-refractivity contribution >= 4 is 37.7 Å². The maximum Gasteiger partial charge on any atom is 0.340 e. The molecule has 0 saturated heterocycles. The van der Waals surface area contributed by atoms with E-state index in [0.29, 0.717) is 17.3 Å². The Bertz CT molecular complexity index is 729. The maximum atomic E-state index is 12.3. The van der Waals surface area contributed by atoms with Crippen molar-refractivity contribution in [3.8, 4) is 0 Å². The Hall–Kier alpha value is -1.25. The number of sulfonamides is 1. The van der Waals surface area contributed by atoms with Crippen LogP contribution in [-0.2, 0) is 19.6 Å². The lowest BCUT2D eigenvalue weighted by atomic mass is 9.96. The van der Waals surface area contributed by atoms with E-state index in [-0.39, 0.29) is 16.2 Å². The number of ketones is 1. The first-order chi connectivity index (χ1) is 10.7. The van der Waals surface area contributed by atoms with E-state index in [1.165, 1.54) is 32.3 Å². The van der Waals surface area contributed by atoms with Crippen molar-refractivity contribution in [2.45, 2.75) is 36.7 Å². The number of Topliss-reactive ketones (excluding diaryl/α,β-unsaturated/α-hetero) is 1. The minimum absolute atomic E-state index is 0.00683. The molecule has 8 heteroatoms. The summed E-state index contributed by atoms with van der Waals surface area (Å²) in [7, 11) is -0.830. The summed E-state index contributed by atoms with van der Waals surface area (Å²) in [5.74, 6) is -0.786. The molecule has 0 aliphatic heterocycles. The number of carbonyl (C=O) groups is 2. The Morgan fingerprint density at radius 2 is 2.00 bits per heavy atom. The first-order valence-corrected chi connectivity index (χ1v) is 9.42. The van der Waals surface area contributed by atoms with Crippen LogP contribution < -0.4 is 0 Å². The Kier molecular flexibility index (Phi) is 5.59. The zero-order chi connectivity index (χ0) is 17.2. The van der Waals surface area contributed by atoms with Crippen LogP contribution >= 0.6 is 15.9 Å². The summed E-state index contributed by atoms with van der Waals surface area (Å²) in [5.41, 5.74) is 0.0892. The van der Waals surface area contributed by atoms with Crippen LogP contribution in [0.15, 0.2) is 27.6 Å². The molecule has 126 valence electrons. The summed E-state index contributed by atoms with van der Waals surface area (Å²) in [6.45, 7) is 0. The van der Waals surface area contributed by atoms with Crippen LogP contribution in [0.2, 0.25) is 0 Å². The quantitative estimate of drug-likeness (QED) is 0.720. The fourth-order valence-corrected chi connectivity index (χ4v) is 3.64. The van der Waals surface area contributed by atoms with Gasteiger partial charge in [-0.2, -0.15) is 0 Å². The summed E-state index contributed by atoms with van der Waals surface area (Å²) in [5, 5.41) is 0. The van der Waals surface area contributed by atoms with Crippen molar-refractivity contribution in [1.82, 2.24) is 4.31 Å². The molecule has 6 nitrogen and oxygen atoms in total. The van der Waals surface area contributed by atoms with E-state index in [1.807, 2.05) is 0 Å². The standard InChI is InChI=1S/C15H18BrNO5S/c1-17(2)23(20,21)10-7-8-12(16)11(9-10)15(19)22-14-6-4-3-5-13(14)18/h7-9,14H,3-6H2,1-2H3/t14-/m1/s1. The van der Waals surface area contributed by atoms with Gasteiger partial charge in [0.2, 0.25) is 10.0 Å². The van der Waals surface area contributed by atoms with Gasteiger partial charge in [0.1, 0.15) is 0 Å². The highest BCUT2D eigenvalue weighted by Crippen LogP contribution is 2.25. The van der Waals surface area contributed by atoms with E-state index in [0.717, 1.165) is 17.1 Å². The molecule has 1 atom stereocenters. The number of rotatable bonds is 4. The third-order valence-electron chi connectivity index (χ3n) is 3.68. The third-order valence-corrected chi connectivity index (χ3v) is 6.19. The van der Waals surface area contributed by atoms with E-state index in [4.69, 9.17) is 4.74 Å². The molecule has 0 radical (unpaired) electrons. The van der Waals surface area contributed by atoms with Gasteiger partial charge in [0.05, 0.1) is 10.5 Å². The molecule has 0 bridgehead atoms. The second-order valence-electron chi connectivity index (χ2n) is 5.54. The van der Waals surface area contributed by atoms with Crippen LogP contribution in [0.25, 0.3) is 0 Å². The van der Waals surface area contributed by atoms with E-state index in [1.54, 1.807) is 0 Å². The van der Waals surface area contributed by atoms with Gasteiger partial charge in [-0.3, -0.25) is 4.79 Å². The fraction of sp³-hybridized carbons (Fsp3) is 0.467. The number of hydrogen-bond donors (Lipinski definition) is 0. The van der Waals surface area contributed by atoms with Crippen LogP contribution in [0.5, 0.6) is 0 Å². The van der Waals surface area contributed by atoms with Gasteiger partial charge < -0.3 is 4.74 Å². The summed E-state index contributed by atoms with van der Waals surface area (Å²) in [6.07, 6.45) is 1.83. The van der Waals surface area contributed by atoms with Crippen LogP contribution in [0.1, 0.15) is 36.0 Å². The summed E-state index contributed by atoms with van der Waals surface area (Å²) >= 11 is 3.22. The topological polar surface area (TPSA) is 80.8 Å². The van der Waals surface area contributed by atoms with E-state index in [2.05, 4.69) is 15.9 Å². The number of benzene rings is 1. The highest BCUT2D eigenvalue weighted by Gasteiger charge is 2.28. The summed E-state index contributed by atoms with van der Waals surface area (Å²) < 4.78 is 31.1. The van der Waals surface area contributed by atoms with Crippen molar-refractivity contribution in [3.63, 3.8) is 0 Å². The van der Waals surface area contributed by atoms with Crippen LogP contribution in [0.3, 0.4) is 0 Å². The molecule has 0 N–H and O–H groups in total. The predicted octanol–water partition coefficient (Wildman–Crippen LogP) is 2.37. The zero-order valence-electron chi connectivity index (χ0n) is 12.9. The van der Waals surface area contributed by atoms with Crippen LogP contribution in [0, 0.1) is 0 Å². The summed E-state index contributed by atoms with van der Waals surface area (Å²) in [4.78, 5) is 24.1. The van der Waals surface area contributed by atoms with Crippen LogP contribution in [-0.4, -0.2) is 44.7 Å². The van der Waals surface area contributed by atoms with E-state index >= 15 is 0 Å². The lowest BCUT2D eigenvalue weighted by Crippen LogP contribution is -2.30. The second kappa shape index (κ2) is 7.11. The molecule has 23 heavy (non-hydrogen) atoms. The lowest BCUT2D eigenvalue weighted by Gasteiger charge is -2.21. The highest BCUT2D eigenvalue weighted by atomic mass is 79.9. The zero-order valence-corrected chi connectivity index (χ0v) is 15.3. The molecule has 1 aromatic carbocycles. The SMILES string of the molecule is CN(C)S(=O)(=O)c1ccc(Br)c(C(=O)O[C@@H]2CCCCC2=O)c1. The number of nitrogens with zero attached hydrogens (tertiary/aromatic N) is 1. The molecule has 1 aromatic rings. The number of halogens is 1. The number of carbonyl (C=O) groups excluding carboxylic acids is 2. The minimum Gasteiger partial charge on any atom is -0.451 e. The summed E-state index contributed by atoms with van der Waals surface area (Å²) in [6, 6.07) is 4.15. The van der Waals surface area contributed by atoms with Crippen molar-refractivity contribution in [2.75, 3.05) is 14.1 Å². The van der Waals surface area contributed by atoms with Gasteiger partial charge in [-0.1, -0.05) is 0 Å². The predicted molar refractivity (Wildman–Crippen MR) is 87.7 cm³/mol. The monoisotopic (exact) mass is 403 g/mol. The molecular formula is C15H18BrNO5S. The molecule has 1 saturated carbocycles. The fourth-order valence-electron chi connectivity index (χ4n) is 2.30. The van der Waals surface area contributed by atoms with Crippen LogP contribution in [0.4, 0.5) is 0 Å². The Morgan fingerprint density at radius 1 is 1.30 bits per heavy atom. The van der Waals surface area contributed by atoms with Gasteiger partial charge in [0.25, 0.3) is 0 Å². The van der Waals surface area contributed by atoms with Gasteiger partial charge >= 0.3 is 5.97 Å². The third kappa shape index (κ3) is 3.99. The average molecular weight is 404 g/mol. The highest BCUT2D eigenvalue weighted by molar-refractivity contribution is 9.10. The second-order valence-corrected chi connectivity index (χ2v) is 8.54. The Labute approximate surface area is 144 Å². The minimum atomic E-state index is -3.66. The molecule has 0 aromatic heterocycles. The van der Waals surface area contributed by atoms with Gasteiger partial charge in [0, 0.05) is 25.0 Å². The van der Waals surface area contributed by atoms with Crippen molar-refractivity contribution in [2.24, 2.45) is 0 Å². The Balaban J connectivity index is 2.28. The maximum absolute atomic E-state index is 12.3. The molecule has 0 unspecified atom stereocenters. The molecule has 1 aliphatic rings. The van der Waals surface area contributed by atoms with Crippen molar-refractivity contribution < 1.29 is 22.7 Å². The number of ether oxygens (including phenoxy) is 1. The van der Waals surface area contributed by atoms with Crippen molar-refractivity contribution in [1.29, 1.82) is 0 Å². The average Bonchev–Trinajstić information content (AvgIpc) is 2.49. The van der Waals surface area contributed by atoms with Crippen molar-refractivity contribution in [3.05, 3.63) is 28.2 Å². The van der Waals surface area contributed by atoms with Gasteiger partial charge in [-0.05, 0) is 53.4 Å².